The molecule has 0 atom stereocenters. The van der Waals surface area contributed by atoms with Gasteiger partial charge in [0, 0.05) is 17.8 Å². The van der Waals surface area contributed by atoms with Crippen LogP contribution >= 0.6 is 0 Å². The van der Waals surface area contributed by atoms with E-state index in [0.717, 1.165) is 0 Å². The molecule has 3 aromatic rings. The molecule has 0 aliphatic heterocycles. The Labute approximate surface area is 189 Å². The van der Waals surface area contributed by atoms with E-state index in [1.54, 1.807) is 58.0 Å². The highest BCUT2D eigenvalue weighted by Gasteiger charge is 2.18. The van der Waals surface area contributed by atoms with Crippen molar-refractivity contribution in [1.29, 1.82) is 0 Å². The monoisotopic (exact) mass is 454 g/mol. The van der Waals surface area contributed by atoms with Crippen molar-refractivity contribution in [2.75, 3.05) is 17.7 Å². The quantitative estimate of drug-likeness (QED) is 0.507. The van der Waals surface area contributed by atoms with E-state index in [4.69, 9.17) is 9.47 Å². The number of benzene rings is 2. The standard InChI is InChI=1S/C23H26N4O6/c1-6-27-17-9-7-13(11-15(17)25-20(29)21(27)30)19(28)24-14-8-10-18(32-5)16(12-14)26-22(31)33-23(2,3)4/h7-12H,6H2,1-5H3,(H,24,28)(H,25,29)(H,26,31). The molecule has 3 rings (SSSR count). The molecule has 0 radical (unpaired) electrons. The topological polar surface area (TPSA) is 132 Å². The van der Waals surface area contributed by atoms with Crippen LogP contribution < -0.4 is 26.5 Å². The lowest BCUT2D eigenvalue weighted by Crippen LogP contribution is -2.36. The summed E-state index contributed by atoms with van der Waals surface area (Å²) in [5.74, 6) is -0.0555. The Morgan fingerprint density at radius 2 is 1.79 bits per heavy atom. The molecule has 0 spiro atoms. The first-order valence-corrected chi connectivity index (χ1v) is 10.3. The number of rotatable bonds is 5. The van der Waals surface area contributed by atoms with E-state index < -0.39 is 28.7 Å². The zero-order valence-electron chi connectivity index (χ0n) is 19.1. The van der Waals surface area contributed by atoms with Crippen LogP contribution in [0.4, 0.5) is 16.2 Å². The summed E-state index contributed by atoms with van der Waals surface area (Å²) < 4.78 is 11.9. The third-order valence-corrected chi connectivity index (χ3v) is 4.65. The van der Waals surface area contributed by atoms with Crippen molar-refractivity contribution < 1.29 is 19.1 Å². The van der Waals surface area contributed by atoms with Crippen LogP contribution in [0.25, 0.3) is 11.0 Å². The highest BCUT2D eigenvalue weighted by Crippen LogP contribution is 2.29. The first-order chi connectivity index (χ1) is 15.5. The van der Waals surface area contributed by atoms with Gasteiger partial charge in [-0.15, -0.1) is 0 Å². The van der Waals surface area contributed by atoms with Gasteiger partial charge in [0.05, 0.1) is 23.8 Å². The Bertz CT molecular complexity index is 1330. The minimum Gasteiger partial charge on any atom is -0.495 e. The Morgan fingerprint density at radius 3 is 2.42 bits per heavy atom. The predicted molar refractivity (Wildman–Crippen MR) is 125 cm³/mol. The van der Waals surface area contributed by atoms with Gasteiger partial charge in [-0.05, 0) is 64.1 Å². The number of H-pyrrole nitrogens is 1. The van der Waals surface area contributed by atoms with E-state index in [2.05, 4.69) is 15.6 Å². The number of carbonyl (C=O) groups is 2. The fourth-order valence-corrected chi connectivity index (χ4v) is 3.23. The number of methoxy groups -OCH3 is 1. The second-order valence-corrected chi connectivity index (χ2v) is 8.23. The van der Waals surface area contributed by atoms with Crippen LogP contribution in [0.3, 0.4) is 0 Å². The molecule has 174 valence electrons. The van der Waals surface area contributed by atoms with Gasteiger partial charge in [-0.3, -0.25) is 19.7 Å². The molecule has 0 fully saturated rings. The third-order valence-electron chi connectivity index (χ3n) is 4.65. The van der Waals surface area contributed by atoms with E-state index in [1.165, 1.54) is 17.7 Å². The number of carbonyl (C=O) groups excluding carboxylic acids is 2. The molecule has 1 aromatic heterocycles. The summed E-state index contributed by atoms with van der Waals surface area (Å²) in [7, 11) is 1.46. The lowest BCUT2D eigenvalue weighted by Gasteiger charge is -2.20. The second-order valence-electron chi connectivity index (χ2n) is 8.23. The van der Waals surface area contributed by atoms with Crippen molar-refractivity contribution in [2.45, 2.75) is 39.8 Å². The number of hydrogen-bond acceptors (Lipinski definition) is 6. The molecule has 0 unspecified atom stereocenters. The summed E-state index contributed by atoms with van der Waals surface area (Å²) in [5, 5.41) is 5.35. The molecular formula is C23H26N4O6. The van der Waals surface area contributed by atoms with Crippen molar-refractivity contribution in [3.05, 3.63) is 62.7 Å². The Morgan fingerprint density at radius 1 is 1.06 bits per heavy atom. The average molecular weight is 454 g/mol. The zero-order valence-corrected chi connectivity index (χ0v) is 19.1. The first kappa shape index (κ1) is 23.6. The fourth-order valence-electron chi connectivity index (χ4n) is 3.23. The van der Waals surface area contributed by atoms with Crippen LogP contribution in [0.5, 0.6) is 5.75 Å². The average Bonchev–Trinajstić information content (AvgIpc) is 2.73. The molecular weight excluding hydrogens is 428 g/mol. The maximum absolute atomic E-state index is 12.8. The number of amides is 2. The largest absolute Gasteiger partial charge is 0.495 e. The second kappa shape index (κ2) is 9.19. The number of aromatic nitrogens is 2. The molecule has 2 aromatic carbocycles. The number of nitrogens with one attached hydrogen (secondary N) is 3. The number of ether oxygens (including phenoxy) is 2. The number of fused-ring (bicyclic) bond motifs is 1. The van der Waals surface area contributed by atoms with Crippen LogP contribution in [0.15, 0.2) is 46.0 Å². The van der Waals surface area contributed by atoms with E-state index in [9.17, 15) is 19.2 Å². The highest BCUT2D eigenvalue weighted by molar-refractivity contribution is 6.06. The van der Waals surface area contributed by atoms with Crippen LogP contribution in [0.2, 0.25) is 0 Å². The molecule has 0 saturated heterocycles. The van der Waals surface area contributed by atoms with Crippen LogP contribution in [0, 0.1) is 0 Å². The van der Waals surface area contributed by atoms with Crippen LogP contribution in [-0.2, 0) is 11.3 Å². The lowest BCUT2D eigenvalue weighted by atomic mass is 10.1. The number of nitrogens with zero attached hydrogens (tertiary/aromatic N) is 1. The zero-order chi connectivity index (χ0) is 24.3. The van der Waals surface area contributed by atoms with Gasteiger partial charge in [-0.2, -0.15) is 0 Å². The summed E-state index contributed by atoms with van der Waals surface area (Å²) in [6.45, 7) is 7.32. The smallest absolute Gasteiger partial charge is 0.412 e. The van der Waals surface area contributed by atoms with Crippen molar-refractivity contribution >= 4 is 34.4 Å². The van der Waals surface area contributed by atoms with Crippen molar-refractivity contribution in [1.82, 2.24) is 9.55 Å². The molecule has 1 heterocycles. The first-order valence-electron chi connectivity index (χ1n) is 10.3. The molecule has 2 amide bonds. The molecule has 0 bridgehead atoms. The van der Waals surface area contributed by atoms with Crippen LogP contribution in [-0.4, -0.2) is 34.3 Å². The maximum atomic E-state index is 12.8. The number of anilines is 2. The summed E-state index contributed by atoms with van der Waals surface area (Å²) >= 11 is 0. The van der Waals surface area contributed by atoms with E-state index in [1.807, 2.05) is 0 Å². The summed E-state index contributed by atoms with van der Waals surface area (Å²) in [5.41, 5.74) is -0.193. The van der Waals surface area contributed by atoms with Crippen molar-refractivity contribution in [3.8, 4) is 5.75 Å². The highest BCUT2D eigenvalue weighted by atomic mass is 16.6. The molecule has 0 aliphatic rings. The van der Waals surface area contributed by atoms with Crippen molar-refractivity contribution in [3.63, 3.8) is 0 Å². The SMILES string of the molecule is CCn1c(=O)c(=O)[nH]c2cc(C(=O)Nc3ccc(OC)c(NC(=O)OC(C)(C)C)c3)ccc21. The Kier molecular flexibility index (Phi) is 6.57. The summed E-state index contributed by atoms with van der Waals surface area (Å²) in [4.78, 5) is 51.4. The molecule has 0 saturated carbocycles. The van der Waals surface area contributed by atoms with Gasteiger partial charge in [0.25, 0.3) is 5.91 Å². The van der Waals surface area contributed by atoms with Gasteiger partial charge in [0.2, 0.25) is 0 Å². The summed E-state index contributed by atoms with van der Waals surface area (Å²) in [6, 6.07) is 9.42. The Balaban J connectivity index is 1.87. The van der Waals surface area contributed by atoms with Gasteiger partial charge in [0.15, 0.2) is 0 Å². The lowest BCUT2D eigenvalue weighted by molar-refractivity contribution is 0.0635. The maximum Gasteiger partial charge on any atom is 0.412 e. The van der Waals surface area contributed by atoms with Gasteiger partial charge in [-0.1, -0.05) is 0 Å². The molecule has 10 heteroatoms. The normalized spacial score (nSPS) is 11.2. The minimum absolute atomic E-state index is 0.275. The Hall–Kier alpha value is -4.08. The number of aromatic amines is 1. The molecule has 33 heavy (non-hydrogen) atoms. The van der Waals surface area contributed by atoms with Gasteiger partial charge in [-0.25, -0.2) is 4.79 Å². The number of aryl methyl sites for hydroxylation is 1. The summed E-state index contributed by atoms with van der Waals surface area (Å²) in [6.07, 6.45) is -0.662. The van der Waals surface area contributed by atoms with Crippen molar-refractivity contribution in [2.24, 2.45) is 0 Å². The molecule has 3 N–H and O–H groups in total. The van der Waals surface area contributed by atoms with Gasteiger partial charge >= 0.3 is 17.2 Å². The fraction of sp³-hybridized carbons (Fsp3) is 0.304. The van der Waals surface area contributed by atoms with E-state index in [0.29, 0.717) is 34.7 Å². The minimum atomic E-state index is -0.755. The van der Waals surface area contributed by atoms with Gasteiger partial charge < -0.3 is 24.3 Å². The van der Waals surface area contributed by atoms with Gasteiger partial charge in [0.1, 0.15) is 11.4 Å². The van der Waals surface area contributed by atoms with E-state index >= 15 is 0 Å². The van der Waals surface area contributed by atoms with E-state index in [-0.39, 0.29) is 5.56 Å². The number of hydrogen-bond donors (Lipinski definition) is 3. The van der Waals surface area contributed by atoms with Crippen LogP contribution in [0.1, 0.15) is 38.1 Å². The molecule has 10 nitrogen and oxygen atoms in total. The third kappa shape index (κ3) is 5.40. The predicted octanol–water partition coefficient (Wildman–Crippen LogP) is 3.32. The molecule has 0 aliphatic carbocycles.